The molecule has 2 aliphatic heterocycles. The van der Waals surface area contributed by atoms with E-state index in [1.807, 2.05) is 49.9 Å². The molecule has 0 radical (unpaired) electrons. The lowest BCUT2D eigenvalue weighted by Gasteiger charge is -2.25. The summed E-state index contributed by atoms with van der Waals surface area (Å²) >= 11 is 3.64. The predicted octanol–water partition coefficient (Wildman–Crippen LogP) is 2.94. The van der Waals surface area contributed by atoms with E-state index in [1.165, 1.54) is 11.8 Å². The number of hydrogen-bond acceptors (Lipinski definition) is 4. The number of anilines is 1. The van der Waals surface area contributed by atoms with Gasteiger partial charge in [-0.2, -0.15) is 4.99 Å². The van der Waals surface area contributed by atoms with Gasteiger partial charge in [-0.1, -0.05) is 38.6 Å². The molecule has 1 aromatic rings. The normalized spacial score (nSPS) is 27.5. The minimum Gasteiger partial charge on any atom is -0.316 e. The lowest BCUT2D eigenvalue weighted by molar-refractivity contribution is -0.124. The number of nitrogens with zero attached hydrogens (tertiary/aromatic N) is 2. The Bertz CT molecular complexity index is 815. The van der Waals surface area contributed by atoms with Gasteiger partial charge in [0.15, 0.2) is 15.0 Å². The highest BCUT2D eigenvalue weighted by molar-refractivity contribution is 14.1. The standard InChI is InChI=1S/C16H19IN2O3S2/c1-16(2,3)14(20)18-15-19(11-6-4-5-10(17)7-11)12-8-24(21,22)9-13(12)23-15/h4-7,12-13H,8-9H2,1-3H3/t12-,13-/m0/s1. The average Bonchev–Trinajstić information content (AvgIpc) is 2.88. The minimum atomic E-state index is -3.04. The number of rotatable bonds is 1. The maximum atomic E-state index is 12.4. The van der Waals surface area contributed by atoms with Gasteiger partial charge >= 0.3 is 0 Å². The van der Waals surface area contributed by atoms with E-state index in [1.54, 1.807) is 0 Å². The molecule has 0 aromatic heterocycles. The maximum Gasteiger partial charge on any atom is 0.253 e. The summed E-state index contributed by atoms with van der Waals surface area (Å²) < 4.78 is 25.1. The Morgan fingerprint density at radius 3 is 2.67 bits per heavy atom. The molecule has 130 valence electrons. The van der Waals surface area contributed by atoms with Crippen LogP contribution in [0.2, 0.25) is 0 Å². The van der Waals surface area contributed by atoms with Crippen LogP contribution in [0.15, 0.2) is 29.3 Å². The van der Waals surface area contributed by atoms with Crippen LogP contribution < -0.4 is 4.90 Å². The Hall–Kier alpha value is -0.610. The second kappa shape index (κ2) is 6.28. The number of carbonyl (C=O) groups excluding carboxylic acids is 1. The first-order chi connectivity index (χ1) is 11.1. The molecule has 0 unspecified atom stereocenters. The second-order valence-corrected chi connectivity index (χ2v) is 11.7. The third-order valence-corrected chi connectivity index (χ3v) is 7.87. The van der Waals surface area contributed by atoms with Crippen LogP contribution in [-0.4, -0.2) is 42.3 Å². The van der Waals surface area contributed by atoms with E-state index in [-0.39, 0.29) is 28.7 Å². The molecule has 2 atom stereocenters. The molecule has 1 amide bonds. The van der Waals surface area contributed by atoms with Crippen LogP contribution in [0.3, 0.4) is 0 Å². The quantitative estimate of drug-likeness (QED) is 0.581. The van der Waals surface area contributed by atoms with Crippen molar-refractivity contribution < 1.29 is 13.2 Å². The Kier molecular flexibility index (Phi) is 4.76. The second-order valence-electron chi connectivity index (χ2n) is 7.10. The molecule has 2 aliphatic rings. The summed E-state index contributed by atoms with van der Waals surface area (Å²) in [6, 6.07) is 7.68. The molecule has 0 aliphatic carbocycles. The van der Waals surface area contributed by atoms with Gasteiger partial charge in [-0.15, -0.1) is 0 Å². The van der Waals surface area contributed by atoms with Crippen molar-refractivity contribution in [3.05, 3.63) is 27.8 Å². The van der Waals surface area contributed by atoms with Gasteiger partial charge in [0.25, 0.3) is 5.91 Å². The van der Waals surface area contributed by atoms with Crippen LogP contribution in [0.25, 0.3) is 0 Å². The number of aliphatic imine (C=N–C) groups is 1. The fraction of sp³-hybridized carbons (Fsp3) is 0.500. The third kappa shape index (κ3) is 3.65. The molecule has 0 bridgehead atoms. The summed E-state index contributed by atoms with van der Waals surface area (Å²) in [4.78, 5) is 18.6. The number of fused-ring (bicyclic) bond motifs is 1. The summed E-state index contributed by atoms with van der Waals surface area (Å²) in [5, 5.41) is 0.543. The summed E-state index contributed by atoms with van der Waals surface area (Å²) in [5.41, 5.74) is 0.327. The Morgan fingerprint density at radius 1 is 1.33 bits per heavy atom. The largest absolute Gasteiger partial charge is 0.316 e. The van der Waals surface area contributed by atoms with Crippen molar-refractivity contribution >= 4 is 61.0 Å². The molecule has 2 heterocycles. The third-order valence-electron chi connectivity index (χ3n) is 3.99. The number of sulfone groups is 1. The zero-order valence-corrected chi connectivity index (χ0v) is 17.5. The molecule has 24 heavy (non-hydrogen) atoms. The van der Waals surface area contributed by atoms with E-state index in [2.05, 4.69) is 27.6 Å². The fourth-order valence-electron chi connectivity index (χ4n) is 2.75. The molecule has 0 N–H and O–H groups in total. The van der Waals surface area contributed by atoms with Crippen molar-refractivity contribution in [1.82, 2.24) is 0 Å². The van der Waals surface area contributed by atoms with Gasteiger partial charge in [0.05, 0.1) is 17.5 Å². The Labute approximate surface area is 160 Å². The lowest BCUT2D eigenvalue weighted by atomic mass is 9.96. The minimum absolute atomic E-state index is 0.0700. The summed E-state index contributed by atoms with van der Waals surface area (Å²) in [5.74, 6) is 0.0631. The number of carbonyl (C=O) groups is 1. The molecule has 5 nitrogen and oxygen atoms in total. The molecule has 0 spiro atoms. The van der Waals surface area contributed by atoms with Gasteiger partial charge in [0, 0.05) is 19.9 Å². The van der Waals surface area contributed by atoms with Gasteiger partial charge in [0.2, 0.25) is 0 Å². The Balaban J connectivity index is 2.03. The van der Waals surface area contributed by atoms with Crippen LogP contribution in [0.1, 0.15) is 20.8 Å². The highest BCUT2D eigenvalue weighted by atomic mass is 127. The van der Waals surface area contributed by atoms with Crippen LogP contribution in [0.4, 0.5) is 5.69 Å². The van der Waals surface area contributed by atoms with E-state index >= 15 is 0 Å². The predicted molar refractivity (Wildman–Crippen MR) is 107 cm³/mol. The van der Waals surface area contributed by atoms with Gasteiger partial charge in [0.1, 0.15) is 0 Å². The number of thioether (sulfide) groups is 1. The summed E-state index contributed by atoms with van der Waals surface area (Å²) in [7, 11) is -3.04. The Morgan fingerprint density at radius 2 is 2.04 bits per heavy atom. The number of hydrogen-bond donors (Lipinski definition) is 0. The smallest absolute Gasteiger partial charge is 0.253 e. The van der Waals surface area contributed by atoms with E-state index in [9.17, 15) is 13.2 Å². The zero-order chi connectivity index (χ0) is 17.7. The fourth-order valence-corrected chi connectivity index (χ4v) is 7.19. The van der Waals surface area contributed by atoms with E-state index in [0.29, 0.717) is 5.17 Å². The van der Waals surface area contributed by atoms with Crippen molar-refractivity contribution in [3.63, 3.8) is 0 Å². The monoisotopic (exact) mass is 478 g/mol. The summed E-state index contributed by atoms with van der Waals surface area (Å²) in [6.07, 6.45) is 0. The van der Waals surface area contributed by atoms with E-state index < -0.39 is 15.3 Å². The number of halogens is 1. The lowest BCUT2D eigenvalue weighted by Crippen LogP contribution is -2.38. The molecular weight excluding hydrogens is 459 g/mol. The average molecular weight is 478 g/mol. The highest BCUT2D eigenvalue weighted by Crippen LogP contribution is 2.41. The topological polar surface area (TPSA) is 66.8 Å². The maximum absolute atomic E-state index is 12.4. The van der Waals surface area contributed by atoms with Crippen LogP contribution >= 0.6 is 34.4 Å². The first-order valence-electron chi connectivity index (χ1n) is 7.62. The highest BCUT2D eigenvalue weighted by Gasteiger charge is 2.49. The van der Waals surface area contributed by atoms with E-state index in [0.717, 1.165) is 9.26 Å². The zero-order valence-electron chi connectivity index (χ0n) is 13.7. The van der Waals surface area contributed by atoms with Gasteiger partial charge < -0.3 is 4.90 Å². The van der Waals surface area contributed by atoms with Crippen LogP contribution in [0.5, 0.6) is 0 Å². The molecule has 0 saturated carbocycles. The molecular formula is C16H19IN2O3S2. The van der Waals surface area contributed by atoms with Gasteiger partial charge in [-0.05, 0) is 40.8 Å². The summed E-state index contributed by atoms with van der Waals surface area (Å²) in [6.45, 7) is 5.50. The van der Waals surface area contributed by atoms with Crippen LogP contribution in [-0.2, 0) is 14.6 Å². The van der Waals surface area contributed by atoms with Gasteiger partial charge in [-0.3, -0.25) is 4.79 Å². The number of amidine groups is 1. The number of benzene rings is 1. The van der Waals surface area contributed by atoms with Crippen molar-refractivity contribution in [2.75, 3.05) is 16.4 Å². The van der Waals surface area contributed by atoms with Crippen molar-refractivity contribution in [1.29, 1.82) is 0 Å². The molecule has 2 fully saturated rings. The molecule has 2 saturated heterocycles. The van der Waals surface area contributed by atoms with Crippen molar-refractivity contribution in [2.45, 2.75) is 32.1 Å². The van der Waals surface area contributed by atoms with Crippen molar-refractivity contribution in [2.24, 2.45) is 10.4 Å². The van der Waals surface area contributed by atoms with Crippen molar-refractivity contribution in [3.8, 4) is 0 Å². The van der Waals surface area contributed by atoms with E-state index in [4.69, 9.17) is 0 Å². The first-order valence-corrected chi connectivity index (χ1v) is 11.4. The first kappa shape index (κ1) is 18.2. The molecule has 1 aromatic carbocycles. The number of amides is 1. The van der Waals surface area contributed by atoms with Gasteiger partial charge in [-0.25, -0.2) is 8.42 Å². The molecule has 3 rings (SSSR count). The SMILES string of the molecule is CC(C)(C)C(=O)N=C1S[C@H]2CS(=O)(=O)C[C@@H]2N1c1cccc(I)c1. The molecule has 8 heteroatoms. The van der Waals surface area contributed by atoms with Crippen LogP contribution in [0, 0.1) is 8.99 Å².